The minimum Gasteiger partial charge on any atom is -0.0794 e. The molecule has 0 spiro atoms. The van der Waals surface area contributed by atoms with Gasteiger partial charge in [0, 0.05) is 5.54 Å². The first-order chi connectivity index (χ1) is 8.94. The molecular weight excluding hydrogens is 232 g/mol. The van der Waals surface area contributed by atoms with Crippen molar-refractivity contribution < 1.29 is 0 Å². The summed E-state index contributed by atoms with van der Waals surface area (Å²) in [5, 5.41) is 4.79. The SMILES string of the molecule is C1=CC2C(=C1)[Si]2(c1ccccc1)c1ccccc1. The standard InChI is InChI=1S/C17H14Si/c1-3-8-14(9-4-1)18(15-10-5-2-6-11-15)16-12-7-13-17(16)18/h1-13,16H. The molecule has 2 aromatic carbocycles. The van der Waals surface area contributed by atoms with Crippen LogP contribution < -0.4 is 10.4 Å². The van der Waals surface area contributed by atoms with Gasteiger partial charge in [-0.1, -0.05) is 84.1 Å². The highest BCUT2D eigenvalue weighted by Gasteiger charge is 2.63. The van der Waals surface area contributed by atoms with E-state index in [4.69, 9.17) is 0 Å². The van der Waals surface area contributed by atoms with Gasteiger partial charge >= 0.3 is 0 Å². The van der Waals surface area contributed by atoms with E-state index in [1.54, 1.807) is 15.6 Å². The molecule has 0 saturated carbocycles. The Kier molecular flexibility index (Phi) is 2.00. The van der Waals surface area contributed by atoms with Gasteiger partial charge in [-0.25, -0.2) is 0 Å². The minimum absolute atomic E-state index is 0.710. The van der Waals surface area contributed by atoms with E-state index in [2.05, 4.69) is 78.9 Å². The van der Waals surface area contributed by atoms with Crippen molar-refractivity contribution in [3.05, 3.63) is 84.1 Å². The van der Waals surface area contributed by atoms with Crippen LogP contribution in [0.2, 0.25) is 5.54 Å². The second-order valence-corrected chi connectivity index (χ2v) is 8.99. The minimum atomic E-state index is -1.58. The zero-order valence-electron chi connectivity index (χ0n) is 10.1. The molecule has 1 atom stereocenters. The van der Waals surface area contributed by atoms with E-state index in [9.17, 15) is 0 Å². The summed E-state index contributed by atoms with van der Waals surface area (Å²) >= 11 is 0. The van der Waals surface area contributed by atoms with Gasteiger partial charge in [0.15, 0.2) is 8.07 Å². The van der Waals surface area contributed by atoms with Crippen molar-refractivity contribution in [2.75, 3.05) is 0 Å². The van der Waals surface area contributed by atoms with Gasteiger partial charge in [0.05, 0.1) is 0 Å². The quantitative estimate of drug-likeness (QED) is 0.715. The molecule has 86 valence electrons. The van der Waals surface area contributed by atoms with Crippen LogP contribution in [0.5, 0.6) is 0 Å². The number of benzene rings is 2. The Hall–Kier alpha value is -1.86. The van der Waals surface area contributed by atoms with Gasteiger partial charge < -0.3 is 0 Å². The average Bonchev–Trinajstić information content (AvgIpc) is 2.82. The maximum Gasteiger partial charge on any atom is 0.154 e. The van der Waals surface area contributed by atoms with Gasteiger partial charge in [-0.05, 0) is 10.4 Å². The van der Waals surface area contributed by atoms with Gasteiger partial charge in [-0.2, -0.15) is 0 Å². The van der Waals surface area contributed by atoms with Gasteiger partial charge in [-0.3, -0.25) is 0 Å². The van der Waals surface area contributed by atoms with Crippen LogP contribution in [0.25, 0.3) is 0 Å². The van der Waals surface area contributed by atoms with Crippen LogP contribution in [0.3, 0.4) is 0 Å². The van der Waals surface area contributed by atoms with E-state index < -0.39 is 8.07 Å². The average molecular weight is 246 g/mol. The van der Waals surface area contributed by atoms with Crippen molar-refractivity contribution in [2.45, 2.75) is 5.54 Å². The lowest BCUT2D eigenvalue weighted by Gasteiger charge is -2.16. The van der Waals surface area contributed by atoms with Crippen LogP contribution in [-0.2, 0) is 0 Å². The molecule has 1 saturated heterocycles. The Morgan fingerprint density at radius 3 is 1.72 bits per heavy atom. The predicted octanol–water partition coefficient (Wildman–Crippen LogP) is 2.67. The van der Waals surface area contributed by atoms with Crippen molar-refractivity contribution >= 4 is 18.4 Å². The van der Waals surface area contributed by atoms with E-state index in [1.165, 1.54) is 0 Å². The molecule has 1 unspecified atom stereocenters. The van der Waals surface area contributed by atoms with Crippen LogP contribution in [0.15, 0.2) is 84.1 Å². The maximum atomic E-state index is 2.39. The molecule has 2 aliphatic rings. The molecule has 1 heteroatoms. The van der Waals surface area contributed by atoms with Gasteiger partial charge in [-0.15, -0.1) is 0 Å². The van der Waals surface area contributed by atoms with E-state index >= 15 is 0 Å². The monoisotopic (exact) mass is 246 g/mol. The van der Waals surface area contributed by atoms with Gasteiger partial charge in [0.1, 0.15) is 0 Å². The van der Waals surface area contributed by atoms with Crippen LogP contribution >= 0.6 is 0 Å². The van der Waals surface area contributed by atoms with Crippen LogP contribution in [0.4, 0.5) is 0 Å². The summed E-state index contributed by atoms with van der Waals surface area (Å²) in [4.78, 5) is 0. The molecule has 1 heterocycles. The molecular formula is C17H14Si. The lowest BCUT2D eigenvalue weighted by Crippen LogP contribution is -2.47. The zero-order valence-corrected chi connectivity index (χ0v) is 11.1. The van der Waals surface area contributed by atoms with E-state index in [1.807, 2.05) is 0 Å². The fraction of sp³-hybridized carbons (Fsp3) is 0.0588. The number of allylic oxidation sites excluding steroid dienone is 4. The lowest BCUT2D eigenvalue weighted by atomic mass is 10.4. The molecule has 18 heavy (non-hydrogen) atoms. The Balaban J connectivity index is 1.93. The van der Waals surface area contributed by atoms with Crippen LogP contribution in [-0.4, -0.2) is 8.07 Å². The molecule has 1 fully saturated rings. The number of fused-ring (bicyclic) bond motifs is 1. The highest BCUT2D eigenvalue weighted by molar-refractivity contribution is 7.18. The first-order valence-corrected chi connectivity index (χ1v) is 8.51. The molecule has 0 amide bonds. The number of hydrogen-bond acceptors (Lipinski definition) is 0. The molecule has 0 radical (unpaired) electrons. The van der Waals surface area contributed by atoms with Crippen molar-refractivity contribution in [3.63, 3.8) is 0 Å². The molecule has 2 aromatic rings. The van der Waals surface area contributed by atoms with Crippen LogP contribution in [0.1, 0.15) is 0 Å². The molecule has 1 aliphatic carbocycles. The highest BCUT2D eigenvalue weighted by Crippen LogP contribution is 2.56. The summed E-state index contributed by atoms with van der Waals surface area (Å²) in [5.74, 6) is 0. The summed E-state index contributed by atoms with van der Waals surface area (Å²) in [6.45, 7) is 0. The fourth-order valence-electron chi connectivity index (χ4n) is 3.39. The summed E-state index contributed by atoms with van der Waals surface area (Å²) < 4.78 is 0. The van der Waals surface area contributed by atoms with Crippen molar-refractivity contribution in [1.82, 2.24) is 0 Å². The van der Waals surface area contributed by atoms with Crippen molar-refractivity contribution in [3.8, 4) is 0 Å². The topological polar surface area (TPSA) is 0 Å². The van der Waals surface area contributed by atoms with Crippen molar-refractivity contribution in [1.29, 1.82) is 0 Å². The Labute approximate surface area is 108 Å². The van der Waals surface area contributed by atoms with Crippen LogP contribution in [0, 0.1) is 0 Å². The zero-order chi connectivity index (χ0) is 12.0. The summed E-state index contributed by atoms with van der Waals surface area (Å²) in [7, 11) is -1.58. The number of rotatable bonds is 2. The second kappa shape index (κ2) is 3.56. The van der Waals surface area contributed by atoms with E-state index in [0.29, 0.717) is 5.54 Å². The molecule has 0 bridgehead atoms. The molecule has 0 aromatic heterocycles. The third-order valence-corrected chi connectivity index (χ3v) is 9.21. The second-order valence-electron chi connectivity index (χ2n) is 5.02. The largest absolute Gasteiger partial charge is 0.154 e. The third kappa shape index (κ3) is 1.15. The summed E-state index contributed by atoms with van der Waals surface area (Å²) in [6, 6.07) is 22.2. The third-order valence-electron chi connectivity index (χ3n) is 4.21. The smallest absolute Gasteiger partial charge is 0.0794 e. The van der Waals surface area contributed by atoms with Gasteiger partial charge in [0.2, 0.25) is 0 Å². The molecule has 4 rings (SSSR count). The van der Waals surface area contributed by atoms with Crippen molar-refractivity contribution in [2.24, 2.45) is 0 Å². The van der Waals surface area contributed by atoms with E-state index in [0.717, 1.165) is 0 Å². The molecule has 1 aliphatic heterocycles. The van der Waals surface area contributed by atoms with Gasteiger partial charge in [0.25, 0.3) is 0 Å². The molecule has 0 N–H and O–H groups in total. The summed E-state index contributed by atoms with van der Waals surface area (Å²) in [5.41, 5.74) is 0.710. The molecule has 0 nitrogen and oxygen atoms in total. The summed E-state index contributed by atoms with van der Waals surface area (Å²) in [6.07, 6.45) is 6.95. The predicted molar refractivity (Wildman–Crippen MR) is 78.9 cm³/mol. The number of hydrogen-bond donors (Lipinski definition) is 0. The Bertz CT molecular complexity index is 598. The van der Waals surface area contributed by atoms with E-state index in [-0.39, 0.29) is 0 Å². The normalized spacial score (nSPS) is 22.4. The first-order valence-electron chi connectivity index (χ1n) is 6.44. The fourth-order valence-corrected chi connectivity index (χ4v) is 8.68. The lowest BCUT2D eigenvalue weighted by molar-refractivity contribution is 1.51. The Morgan fingerprint density at radius 1 is 0.722 bits per heavy atom. The highest BCUT2D eigenvalue weighted by atomic mass is 28.3. The maximum absolute atomic E-state index is 2.39. The first kappa shape index (κ1) is 10.1. The Morgan fingerprint density at radius 2 is 1.28 bits per heavy atom.